The van der Waals surface area contributed by atoms with E-state index in [1.54, 1.807) is 12.1 Å². The Hall–Kier alpha value is -2.18. The van der Waals surface area contributed by atoms with E-state index in [0.29, 0.717) is 12.1 Å². The van der Waals surface area contributed by atoms with Gasteiger partial charge >= 0.3 is 0 Å². The third-order valence-electron chi connectivity index (χ3n) is 8.30. The average Bonchev–Trinajstić information content (AvgIpc) is 2.90. The molecule has 204 valence electrons. The average molecular weight is 509 g/mol. The van der Waals surface area contributed by atoms with Crippen molar-refractivity contribution in [2.75, 3.05) is 13.1 Å². The van der Waals surface area contributed by atoms with Crippen molar-refractivity contribution >= 4 is 0 Å². The quantitative estimate of drug-likeness (QED) is 0.210. The summed E-state index contributed by atoms with van der Waals surface area (Å²) >= 11 is 0. The number of fused-ring (bicyclic) bond motifs is 2. The van der Waals surface area contributed by atoms with Crippen LogP contribution in [0.25, 0.3) is 0 Å². The Morgan fingerprint density at radius 2 is 0.946 bits per heavy atom. The van der Waals surface area contributed by atoms with Gasteiger partial charge in [0.15, 0.2) is 0 Å². The van der Waals surface area contributed by atoms with E-state index in [9.17, 15) is 9.59 Å². The molecule has 0 fully saturated rings. The largest absolute Gasteiger partial charge is 0.326 e. The first kappa shape index (κ1) is 27.8. The van der Waals surface area contributed by atoms with Gasteiger partial charge in [-0.1, -0.05) is 69.9 Å². The van der Waals surface area contributed by atoms with Gasteiger partial charge in [0.25, 0.3) is 0 Å². The number of aryl methyl sites for hydroxylation is 2. The molecule has 6 heteroatoms. The Morgan fingerprint density at radius 1 is 0.568 bits per heavy atom. The van der Waals surface area contributed by atoms with Crippen LogP contribution in [-0.4, -0.2) is 23.1 Å². The van der Waals surface area contributed by atoms with Crippen LogP contribution in [0, 0.1) is 0 Å². The van der Waals surface area contributed by atoms with Crippen LogP contribution in [0.3, 0.4) is 0 Å². The minimum Gasteiger partial charge on any atom is -0.326 e. The molecule has 2 aromatic rings. The molecule has 2 aliphatic carbocycles. The van der Waals surface area contributed by atoms with E-state index in [1.807, 2.05) is 12.1 Å². The normalized spacial score (nSPS) is 18.9. The van der Waals surface area contributed by atoms with Crippen molar-refractivity contribution in [1.29, 1.82) is 0 Å². The monoisotopic (exact) mass is 508 g/mol. The fourth-order valence-corrected chi connectivity index (χ4v) is 6.22. The standard InChI is InChI=1S/C31H48N4O2/c36-30-20-18-24-26(14-12-16-28(24)34-30)32-22-10-8-6-4-2-1-3-5-7-9-11-23-33-27-15-13-17-29-25(27)19-21-31(37)35-29/h18-21,26-27,32-33H,1-17,22-23H2,(H,34,36)(H,35,37). The summed E-state index contributed by atoms with van der Waals surface area (Å²) in [5.41, 5.74) is 4.92. The van der Waals surface area contributed by atoms with Gasteiger partial charge < -0.3 is 20.6 Å². The number of nitrogens with one attached hydrogen (secondary N) is 4. The van der Waals surface area contributed by atoms with Crippen LogP contribution in [0.15, 0.2) is 33.9 Å². The summed E-state index contributed by atoms with van der Waals surface area (Å²) in [6.45, 7) is 2.15. The van der Waals surface area contributed by atoms with E-state index in [0.717, 1.165) is 50.2 Å². The molecule has 2 heterocycles. The van der Waals surface area contributed by atoms with E-state index in [4.69, 9.17) is 0 Å². The summed E-state index contributed by atoms with van der Waals surface area (Å²) in [5, 5.41) is 7.45. The van der Waals surface area contributed by atoms with E-state index in [-0.39, 0.29) is 11.1 Å². The molecule has 37 heavy (non-hydrogen) atoms. The number of pyridine rings is 2. The lowest BCUT2D eigenvalue weighted by molar-refractivity contribution is 0.440. The Balaban J connectivity index is 0.935. The first-order valence-electron chi connectivity index (χ1n) is 15.1. The highest BCUT2D eigenvalue weighted by Gasteiger charge is 2.21. The molecule has 0 aromatic carbocycles. The lowest BCUT2D eigenvalue weighted by Gasteiger charge is -2.26. The van der Waals surface area contributed by atoms with Crippen LogP contribution in [0.1, 0.15) is 131 Å². The van der Waals surface area contributed by atoms with E-state index < -0.39 is 0 Å². The predicted octanol–water partition coefficient (Wildman–Crippen LogP) is 5.99. The maximum absolute atomic E-state index is 11.5. The van der Waals surface area contributed by atoms with Crippen LogP contribution in [0.2, 0.25) is 0 Å². The van der Waals surface area contributed by atoms with Gasteiger partial charge in [0, 0.05) is 35.6 Å². The summed E-state index contributed by atoms with van der Waals surface area (Å²) in [4.78, 5) is 29.1. The van der Waals surface area contributed by atoms with E-state index in [2.05, 4.69) is 20.6 Å². The SMILES string of the molecule is O=c1ccc2c([nH]1)CCCC2NCCCCCCCCCCCCCNC1CCCc2[nH]c(=O)ccc21. The molecule has 0 radical (unpaired) electrons. The van der Waals surface area contributed by atoms with Gasteiger partial charge in [-0.05, 0) is 75.6 Å². The molecule has 2 aliphatic rings. The van der Waals surface area contributed by atoms with Crippen molar-refractivity contribution in [3.8, 4) is 0 Å². The zero-order chi connectivity index (χ0) is 25.7. The minimum absolute atomic E-state index is 0.0226. The molecular weight excluding hydrogens is 460 g/mol. The number of rotatable bonds is 16. The maximum atomic E-state index is 11.5. The lowest BCUT2D eigenvalue weighted by Crippen LogP contribution is -2.28. The molecule has 2 atom stereocenters. The second kappa shape index (κ2) is 15.3. The highest BCUT2D eigenvalue weighted by atomic mass is 16.1. The first-order valence-corrected chi connectivity index (χ1v) is 15.1. The molecule has 2 aromatic heterocycles. The van der Waals surface area contributed by atoms with Crippen LogP contribution in [0.5, 0.6) is 0 Å². The van der Waals surface area contributed by atoms with Crippen molar-refractivity contribution in [2.45, 2.75) is 121 Å². The van der Waals surface area contributed by atoms with E-state index >= 15 is 0 Å². The van der Waals surface area contributed by atoms with Crippen LogP contribution >= 0.6 is 0 Å². The summed E-state index contributed by atoms with van der Waals surface area (Å²) in [7, 11) is 0. The number of unbranched alkanes of at least 4 members (excludes halogenated alkanes) is 10. The number of hydrogen-bond donors (Lipinski definition) is 4. The van der Waals surface area contributed by atoms with Crippen molar-refractivity contribution in [3.63, 3.8) is 0 Å². The highest BCUT2D eigenvalue weighted by molar-refractivity contribution is 5.27. The van der Waals surface area contributed by atoms with Gasteiger partial charge in [-0.25, -0.2) is 0 Å². The van der Waals surface area contributed by atoms with Crippen LogP contribution in [-0.2, 0) is 12.8 Å². The van der Waals surface area contributed by atoms with Crippen LogP contribution < -0.4 is 21.8 Å². The third-order valence-corrected chi connectivity index (χ3v) is 8.30. The number of H-pyrrole nitrogens is 2. The topological polar surface area (TPSA) is 89.8 Å². The Kier molecular flexibility index (Phi) is 11.5. The molecule has 0 saturated heterocycles. The lowest BCUT2D eigenvalue weighted by atomic mass is 9.91. The molecule has 0 amide bonds. The van der Waals surface area contributed by atoms with E-state index in [1.165, 1.54) is 94.6 Å². The molecule has 0 spiro atoms. The Labute approximate surface area is 222 Å². The smallest absolute Gasteiger partial charge is 0.248 e. The summed E-state index contributed by atoms with van der Waals surface area (Å²) in [5.74, 6) is 0. The molecule has 4 N–H and O–H groups in total. The van der Waals surface area contributed by atoms with Gasteiger partial charge in [-0.15, -0.1) is 0 Å². The minimum atomic E-state index is 0.0226. The van der Waals surface area contributed by atoms with Gasteiger partial charge in [0.1, 0.15) is 0 Å². The molecule has 2 unspecified atom stereocenters. The zero-order valence-corrected chi connectivity index (χ0v) is 22.7. The molecule has 0 saturated carbocycles. The molecule has 4 rings (SSSR count). The van der Waals surface area contributed by atoms with Crippen molar-refractivity contribution in [3.05, 3.63) is 67.5 Å². The number of hydrogen-bond acceptors (Lipinski definition) is 4. The molecule has 6 nitrogen and oxygen atoms in total. The molecular formula is C31H48N4O2. The Bertz CT molecular complexity index is 976. The highest BCUT2D eigenvalue weighted by Crippen LogP contribution is 2.28. The molecule has 0 aliphatic heterocycles. The number of aromatic nitrogens is 2. The first-order chi connectivity index (χ1) is 18.2. The van der Waals surface area contributed by atoms with Crippen molar-refractivity contribution < 1.29 is 0 Å². The van der Waals surface area contributed by atoms with Crippen molar-refractivity contribution in [1.82, 2.24) is 20.6 Å². The van der Waals surface area contributed by atoms with Gasteiger partial charge in [0.05, 0.1) is 0 Å². The zero-order valence-electron chi connectivity index (χ0n) is 22.7. The fourth-order valence-electron chi connectivity index (χ4n) is 6.22. The second-order valence-electron chi connectivity index (χ2n) is 11.2. The summed E-state index contributed by atoms with van der Waals surface area (Å²) in [6.07, 6.45) is 21.3. The molecule has 0 bridgehead atoms. The summed E-state index contributed by atoms with van der Waals surface area (Å²) < 4.78 is 0. The second-order valence-corrected chi connectivity index (χ2v) is 11.2. The van der Waals surface area contributed by atoms with Gasteiger partial charge in [0.2, 0.25) is 11.1 Å². The van der Waals surface area contributed by atoms with Crippen molar-refractivity contribution in [2.24, 2.45) is 0 Å². The Morgan fingerprint density at radius 3 is 1.35 bits per heavy atom. The maximum Gasteiger partial charge on any atom is 0.248 e. The number of aromatic amines is 2. The predicted molar refractivity (Wildman–Crippen MR) is 152 cm³/mol. The van der Waals surface area contributed by atoms with Gasteiger partial charge in [-0.3, -0.25) is 9.59 Å². The van der Waals surface area contributed by atoms with Crippen LogP contribution in [0.4, 0.5) is 0 Å². The fraction of sp³-hybridized carbons (Fsp3) is 0.677. The third kappa shape index (κ3) is 8.96. The summed E-state index contributed by atoms with van der Waals surface area (Å²) in [6, 6.07) is 8.18. The van der Waals surface area contributed by atoms with Gasteiger partial charge in [-0.2, -0.15) is 0 Å².